The molecule has 0 amide bonds. The highest BCUT2D eigenvalue weighted by atomic mass is 35.5. The molecule has 0 aromatic heterocycles. The summed E-state index contributed by atoms with van der Waals surface area (Å²) >= 11 is 0. The molecule has 0 spiro atoms. The van der Waals surface area contributed by atoms with Gasteiger partial charge in [-0.25, -0.2) is 0 Å². The van der Waals surface area contributed by atoms with Crippen LogP contribution in [0.1, 0.15) is 0 Å². The first-order valence-corrected chi connectivity index (χ1v) is 1.17. The third kappa shape index (κ3) is 60.5. The summed E-state index contributed by atoms with van der Waals surface area (Å²) in [4.78, 5) is 0. The van der Waals surface area contributed by atoms with E-state index in [1.807, 2.05) is 0 Å². The standard InChI is InChI=1S/C2H7NO.4ClH/c1-3-2-4;;;;/h3-4H,2H2,1H3;4*1H. The fourth-order valence-corrected chi connectivity index (χ4v) is 0. The maximum absolute atomic E-state index is 7.76. The van der Waals surface area contributed by atoms with Gasteiger partial charge in [0.2, 0.25) is 0 Å². The van der Waals surface area contributed by atoms with Crippen molar-refractivity contribution in [1.82, 2.24) is 5.32 Å². The van der Waals surface area contributed by atoms with E-state index >= 15 is 0 Å². The molecule has 0 rings (SSSR count). The second-order valence-corrected chi connectivity index (χ2v) is 0.512. The number of aliphatic hydroxyl groups excluding tert-OH is 1. The summed E-state index contributed by atoms with van der Waals surface area (Å²) in [6, 6.07) is 0. The third-order valence-corrected chi connectivity index (χ3v) is 0.158. The van der Waals surface area contributed by atoms with E-state index in [0.717, 1.165) is 0 Å². The maximum Gasteiger partial charge on any atom is 0.0929 e. The maximum atomic E-state index is 7.76. The Bertz CT molecular complexity index is 16.0. The van der Waals surface area contributed by atoms with Gasteiger partial charge in [-0.05, 0) is 7.05 Å². The third-order valence-electron chi connectivity index (χ3n) is 0.158. The van der Waals surface area contributed by atoms with Crippen LogP contribution in [0.25, 0.3) is 0 Å². The molecule has 0 heterocycles. The largest absolute Gasteiger partial charge is 0.381 e. The van der Waals surface area contributed by atoms with Crippen molar-refractivity contribution in [1.29, 1.82) is 0 Å². The van der Waals surface area contributed by atoms with Gasteiger partial charge in [-0.1, -0.05) is 0 Å². The fraction of sp³-hybridized carbons (Fsp3) is 1.00. The lowest BCUT2D eigenvalue weighted by Crippen LogP contribution is -2.04. The van der Waals surface area contributed by atoms with E-state index in [0.29, 0.717) is 0 Å². The summed E-state index contributed by atoms with van der Waals surface area (Å²) in [6.07, 6.45) is 0. The van der Waals surface area contributed by atoms with Gasteiger partial charge in [-0.15, -0.1) is 49.6 Å². The average molecular weight is 207 g/mol. The van der Waals surface area contributed by atoms with Crippen LogP contribution in [0.3, 0.4) is 0 Å². The SMILES string of the molecule is CNCO.Cl.Cl.Cl.Cl. The van der Waals surface area contributed by atoms with Crippen molar-refractivity contribution < 1.29 is 5.11 Å². The van der Waals surface area contributed by atoms with Crippen molar-refractivity contribution in [3.8, 4) is 0 Å². The van der Waals surface area contributed by atoms with E-state index in [2.05, 4.69) is 5.32 Å². The Balaban J connectivity index is -0.00000000750. The zero-order chi connectivity index (χ0) is 3.41. The van der Waals surface area contributed by atoms with Gasteiger partial charge in [-0.2, -0.15) is 0 Å². The zero-order valence-corrected chi connectivity index (χ0v) is 7.55. The summed E-state index contributed by atoms with van der Waals surface area (Å²) in [5.41, 5.74) is 0. The first-order chi connectivity index (χ1) is 1.91. The number of hydrogen-bond donors (Lipinski definition) is 2. The van der Waals surface area contributed by atoms with E-state index in [1.165, 1.54) is 0 Å². The molecule has 0 fully saturated rings. The van der Waals surface area contributed by atoms with Crippen LogP contribution in [0.4, 0.5) is 0 Å². The summed E-state index contributed by atoms with van der Waals surface area (Å²) < 4.78 is 0. The second-order valence-electron chi connectivity index (χ2n) is 0.512. The highest BCUT2D eigenvalue weighted by Gasteiger charge is 1.50. The molecule has 0 aliphatic carbocycles. The van der Waals surface area contributed by atoms with Crippen molar-refractivity contribution in [2.45, 2.75) is 0 Å². The predicted molar refractivity (Wildman–Crippen MR) is 45.1 cm³/mol. The Morgan fingerprint density at radius 3 is 1.25 bits per heavy atom. The zero-order valence-electron chi connectivity index (χ0n) is 4.29. The lowest BCUT2D eigenvalue weighted by molar-refractivity contribution is 0.273. The quantitative estimate of drug-likeness (QED) is 0.624. The monoisotopic (exact) mass is 205 g/mol. The molecule has 0 atom stereocenters. The van der Waals surface area contributed by atoms with Crippen LogP contribution in [0.15, 0.2) is 0 Å². The molecule has 6 heteroatoms. The van der Waals surface area contributed by atoms with Crippen LogP contribution in [0.2, 0.25) is 0 Å². The van der Waals surface area contributed by atoms with Crippen molar-refractivity contribution in [2.75, 3.05) is 13.8 Å². The van der Waals surface area contributed by atoms with Gasteiger partial charge in [0, 0.05) is 0 Å². The highest BCUT2D eigenvalue weighted by molar-refractivity contribution is 5.86. The molecular weight excluding hydrogens is 196 g/mol. The summed E-state index contributed by atoms with van der Waals surface area (Å²) in [5, 5.41) is 10.2. The Morgan fingerprint density at radius 1 is 1.12 bits per heavy atom. The molecule has 0 bridgehead atoms. The normalized spacial score (nSPS) is 3.75. The molecule has 8 heavy (non-hydrogen) atoms. The van der Waals surface area contributed by atoms with Crippen molar-refractivity contribution in [2.24, 2.45) is 0 Å². The van der Waals surface area contributed by atoms with Crippen LogP contribution in [0.5, 0.6) is 0 Å². The molecule has 0 aliphatic rings. The minimum Gasteiger partial charge on any atom is -0.381 e. The molecule has 0 saturated carbocycles. The van der Waals surface area contributed by atoms with Gasteiger partial charge in [0.05, 0.1) is 6.73 Å². The first kappa shape index (κ1) is 35.6. The van der Waals surface area contributed by atoms with Crippen molar-refractivity contribution in [3.63, 3.8) is 0 Å². The van der Waals surface area contributed by atoms with Gasteiger partial charge in [0.1, 0.15) is 0 Å². The molecular formula is C2H11Cl4NO. The Labute approximate surface area is 74.1 Å². The smallest absolute Gasteiger partial charge is 0.0929 e. The lowest BCUT2D eigenvalue weighted by atomic mass is 11.2. The van der Waals surface area contributed by atoms with Crippen LogP contribution >= 0.6 is 49.6 Å². The van der Waals surface area contributed by atoms with Crippen LogP contribution in [-0.2, 0) is 0 Å². The Morgan fingerprint density at radius 2 is 1.25 bits per heavy atom. The van der Waals surface area contributed by atoms with E-state index in [9.17, 15) is 0 Å². The minimum absolute atomic E-state index is 0. The number of hydrogen-bond acceptors (Lipinski definition) is 2. The van der Waals surface area contributed by atoms with Gasteiger partial charge < -0.3 is 5.11 Å². The van der Waals surface area contributed by atoms with Gasteiger partial charge >= 0.3 is 0 Å². The predicted octanol–water partition coefficient (Wildman–Crippen LogP) is 0.843. The second kappa shape index (κ2) is 42.7. The van der Waals surface area contributed by atoms with Crippen molar-refractivity contribution in [3.05, 3.63) is 0 Å². The minimum atomic E-state index is 0. The summed E-state index contributed by atoms with van der Waals surface area (Å²) in [7, 11) is 1.68. The van der Waals surface area contributed by atoms with Gasteiger partial charge in [0.15, 0.2) is 0 Å². The van der Waals surface area contributed by atoms with Gasteiger partial charge in [0.25, 0.3) is 0 Å². The Kier molecular flexibility index (Phi) is 190. The van der Waals surface area contributed by atoms with E-state index in [-0.39, 0.29) is 56.4 Å². The molecule has 2 nitrogen and oxygen atoms in total. The topological polar surface area (TPSA) is 32.3 Å². The molecule has 0 unspecified atom stereocenters. The molecule has 58 valence electrons. The van der Waals surface area contributed by atoms with Crippen molar-refractivity contribution >= 4 is 49.6 Å². The van der Waals surface area contributed by atoms with Crippen LogP contribution < -0.4 is 5.32 Å². The van der Waals surface area contributed by atoms with E-state index in [4.69, 9.17) is 5.11 Å². The fourth-order valence-electron chi connectivity index (χ4n) is 0. The number of aliphatic hydroxyl groups is 1. The summed E-state index contributed by atoms with van der Waals surface area (Å²) in [5.74, 6) is 0. The van der Waals surface area contributed by atoms with Crippen LogP contribution in [-0.4, -0.2) is 18.9 Å². The number of rotatable bonds is 1. The molecule has 2 N–H and O–H groups in total. The van der Waals surface area contributed by atoms with E-state index in [1.54, 1.807) is 7.05 Å². The molecule has 0 aliphatic heterocycles. The van der Waals surface area contributed by atoms with Crippen LogP contribution in [0, 0.1) is 0 Å². The summed E-state index contributed by atoms with van der Waals surface area (Å²) in [6.45, 7) is 0.0694. The highest BCUT2D eigenvalue weighted by Crippen LogP contribution is 1.24. The molecule has 0 aromatic carbocycles. The molecule has 0 radical (unpaired) electrons. The van der Waals surface area contributed by atoms with E-state index < -0.39 is 0 Å². The number of nitrogens with one attached hydrogen (secondary N) is 1. The molecule has 0 aromatic rings. The molecule has 0 saturated heterocycles. The lowest BCUT2D eigenvalue weighted by Gasteiger charge is -1.76. The Hall–Kier alpha value is 1.08. The average Bonchev–Trinajstić information content (AvgIpc) is 1.37. The number of halogens is 4. The first-order valence-electron chi connectivity index (χ1n) is 1.17. The van der Waals surface area contributed by atoms with Gasteiger partial charge in [-0.3, -0.25) is 5.32 Å².